The van der Waals surface area contributed by atoms with Crippen LogP contribution in [0.2, 0.25) is 0 Å². The second kappa shape index (κ2) is 24.7. The summed E-state index contributed by atoms with van der Waals surface area (Å²) in [7, 11) is 0. The second-order valence-electron chi connectivity index (χ2n) is 12.5. The summed E-state index contributed by atoms with van der Waals surface area (Å²) in [6, 6.07) is 23.6. The zero-order valence-corrected chi connectivity index (χ0v) is 28.5. The summed E-state index contributed by atoms with van der Waals surface area (Å²) >= 11 is 0. The number of esters is 1. The highest BCUT2D eigenvalue weighted by Crippen LogP contribution is 2.23. The molecule has 5 heteroatoms. The summed E-state index contributed by atoms with van der Waals surface area (Å²) < 4.78 is 11.3. The first kappa shape index (κ1) is 37.0. The molecule has 3 rings (SSSR count). The third kappa shape index (κ3) is 17.3. The van der Waals surface area contributed by atoms with Crippen molar-refractivity contribution in [3.05, 3.63) is 84.4 Å². The molecule has 0 amide bonds. The highest BCUT2D eigenvalue weighted by molar-refractivity contribution is 5.91. The molecule has 0 aliphatic heterocycles. The van der Waals surface area contributed by atoms with Crippen LogP contribution in [0.15, 0.2) is 89.1 Å². The van der Waals surface area contributed by atoms with Gasteiger partial charge < -0.3 is 9.47 Å². The lowest BCUT2D eigenvalue weighted by molar-refractivity contribution is 0.0735. The van der Waals surface area contributed by atoms with Crippen LogP contribution in [0.25, 0.3) is 0 Å². The molecule has 0 fully saturated rings. The number of hydrogen-bond acceptors (Lipinski definition) is 5. The van der Waals surface area contributed by atoms with Crippen LogP contribution in [-0.2, 0) is 0 Å². The van der Waals surface area contributed by atoms with E-state index < -0.39 is 5.97 Å². The van der Waals surface area contributed by atoms with Crippen molar-refractivity contribution in [2.75, 3.05) is 6.61 Å². The molecule has 0 spiro atoms. The van der Waals surface area contributed by atoms with Gasteiger partial charge in [0.1, 0.15) is 11.5 Å². The molecule has 0 heterocycles. The average Bonchev–Trinajstić information content (AvgIpc) is 3.09. The molecular formula is C41H58N2O3. The van der Waals surface area contributed by atoms with Gasteiger partial charge in [-0.25, -0.2) is 4.79 Å². The zero-order chi connectivity index (χ0) is 32.3. The van der Waals surface area contributed by atoms with Crippen molar-refractivity contribution in [1.29, 1.82) is 0 Å². The maximum absolute atomic E-state index is 12.3. The van der Waals surface area contributed by atoms with Gasteiger partial charge in [-0.15, -0.1) is 0 Å². The van der Waals surface area contributed by atoms with Crippen LogP contribution in [0.1, 0.15) is 146 Å². The first-order chi connectivity index (χ1) is 22.7. The van der Waals surface area contributed by atoms with Crippen molar-refractivity contribution >= 4 is 17.3 Å². The number of nitrogens with zero attached hydrogens (tertiary/aromatic N) is 2. The van der Waals surface area contributed by atoms with Crippen LogP contribution in [0.3, 0.4) is 0 Å². The minimum atomic E-state index is -0.402. The zero-order valence-electron chi connectivity index (χ0n) is 28.5. The highest BCUT2D eigenvalue weighted by atomic mass is 16.5. The normalized spacial score (nSPS) is 11.2. The van der Waals surface area contributed by atoms with Crippen molar-refractivity contribution < 1.29 is 14.3 Å². The Bertz CT molecular complexity index is 1190. The maximum atomic E-state index is 12.3. The number of para-hydroxylation sites is 1. The predicted molar refractivity (Wildman–Crippen MR) is 192 cm³/mol. The molecule has 0 aromatic heterocycles. The number of unbranched alkanes of at least 4 members (excludes halogenated alkanes) is 19. The molecule has 5 nitrogen and oxygen atoms in total. The number of hydrogen-bond donors (Lipinski definition) is 0. The molecule has 0 atom stereocenters. The van der Waals surface area contributed by atoms with Crippen LogP contribution in [0.5, 0.6) is 11.5 Å². The van der Waals surface area contributed by atoms with Crippen LogP contribution in [-0.4, -0.2) is 12.6 Å². The monoisotopic (exact) mass is 626 g/mol. The van der Waals surface area contributed by atoms with Gasteiger partial charge in [0.05, 0.1) is 23.5 Å². The number of ether oxygens (including phenoxy) is 2. The molecule has 46 heavy (non-hydrogen) atoms. The van der Waals surface area contributed by atoms with E-state index in [1.54, 1.807) is 36.4 Å². The fourth-order valence-electron chi connectivity index (χ4n) is 5.59. The molecule has 0 N–H and O–H groups in total. The minimum absolute atomic E-state index is 0.402. The summed E-state index contributed by atoms with van der Waals surface area (Å²) in [6.07, 6.45) is 27.8. The lowest BCUT2D eigenvalue weighted by Crippen LogP contribution is -2.07. The predicted octanol–water partition coefficient (Wildman–Crippen LogP) is 13.5. The standard InChI is InChI=1S/C41H58N2O3/c1-2-3-4-5-6-7-8-9-10-11-12-13-14-15-16-17-18-19-20-24-35-45-39-33-31-38(32-34-39)43-42-37-29-27-36(28-30-37)41(44)46-40-25-22-21-23-26-40/h21-23,25-34H,2-20,24,35H2,1H3. The van der Waals surface area contributed by atoms with E-state index in [0.29, 0.717) is 17.0 Å². The molecule has 0 radical (unpaired) electrons. The van der Waals surface area contributed by atoms with E-state index in [4.69, 9.17) is 9.47 Å². The van der Waals surface area contributed by atoms with E-state index in [1.807, 2.05) is 42.5 Å². The second-order valence-corrected chi connectivity index (χ2v) is 12.5. The topological polar surface area (TPSA) is 60.2 Å². The first-order valence-electron chi connectivity index (χ1n) is 18.3. The fourth-order valence-corrected chi connectivity index (χ4v) is 5.59. The van der Waals surface area contributed by atoms with Crippen molar-refractivity contribution in [2.24, 2.45) is 10.2 Å². The van der Waals surface area contributed by atoms with Crippen molar-refractivity contribution in [2.45, 2.75) is 135 Å². The van der Waals surface area contributed by atoms with Gasteiger partial charge in [0.25, 0.3) is 0 Å². The van der Waals surface area contributed by atoms with Crippen LogP contribution in [0, 0.1) is 0 Å². The van der Waals surface area contributed by atoms with Gasteiger partial charge in [0.15, 0.2) is 0 Å². The molecule has 0 unspecified atom stereocenters. The number of azo groups is 1. The van der Waals surface area contributed by atoms with Gasteiger partial charge in [0, 0.05) is 0 Å². The van der Waals surface area contributed by atoms with Crippen molar-refractivity contribution in [3.8, 4) is 11.5 Å². The van der Waals surface area contributed by atoms with Crippen LogP contribution in [0.4, 0.5) is 11.4 Å². The van der Waals surface area contributed by atoms with E-state index in [9.17, 15) is 4.79 Å². The summed E-state index contributed by atoms with van der Waals surface area (Å²) in [6.45, 7) is 3.04. The van der Waals surface area contributed by atoms with Gasteiger partial charge >= 0.3 is 5.97 Å². The molecule has 0 saturated carbocycles. The van der Waals surface area contributed by atoms with Crippen molar-refractivity contribution in [3.63, 3.8) is 0 Å². The lowest BCUT2D eigenvalue weighted by Gasteiger charge is -2.06. The molecule has 250 valence electrons. The van der Waals surface area contributed by atoms with E-state index in [0.717, 1.165) is 24.5 Å². The Balaban J connectivity index is 1.12. The van der Waals surface area contributed by atoms with Gasteiger partial charge in [-0.2, -0.15) is 10.2 Å². The summed E-state index contributed by atoms with van der Waals surface area (Å²) in [4.78, 5) is 12.3. The SMILES string of the molecule is CCCCCCCCCCCCCCCCCCCCCCOc1ccc(N=Nc2ccc(C(=O)Oc3ccccc3)cc2)cc1. The van der Waals surface area contributed by atoms with Crippen LogP contribution < -0.4 is 9.47 Å². The third-order valence-electron chi connectivity index (χ3n) is 8.44. The molecule has 0 aliphatic rings. The molecule has 0 bridgehead atoms. The number of rotatable bonds is 26. The lowest BCUT2D eigenvalue weighted by atomic mass is 10.0. The van der Waals surface area contributed by atoms with E-state index in [-0.39, 0.29) is 0 Å². The average molecular weight is 627 g/mol. The number of benzene rings is 3. The molecule has 0 saturated heterocycles. The Kier molecular flexibility index (Phi) is 19.9. The maximum Gasteiger partial charge on any atom is 0.343 e. The van der Waals surface area contributed by atoms with E-state index in [1.165, 1.54) is 122 Å². The van der Waals surface area contributed by atoms with Crippen LogP contribution >= 0.6 is 0 Å². The summed E-state index contributed by atoms with van der Waals surface area (Å²) in [5.41, 5.74) is 1.87. The molecular weight excluding hydrogens is 568 g/mol. The van der Waals surface area contributed by atoms with Gasteiger partial charge in [-0.3, -0.25) is 0 Å². The Morgan fingerprint density at radius 3 is 1.35 bits per heavy atom. The van der Waals surface area contributed by atoms with Crippen molar-refractivity contribution in [1.82, 2.24) is 0 Å². The van der Waals surface area contributed by atoms with Gasteiger partial charge in [0.2, 0.25) is 0 Å². The minimum Gasteiger partial charge on any atom is -0.494 e. The highest BCUT2D eigenvalue weighted by Gasteiger charge is 2.08. The fraction of sp³-hybridized carbons (Fsp3) is 0.537. The molecule has 3 aromatic carbocycles. The van der Waals surface area contributed by atoms with Gasteiger partial charge in [-0.1, -0.05) is 147 Å². The first-order valence-corrected chi connectivity index (χ1v) is 18.3. The Hall–Kier alpha value is -3.47. The van der Waals surface area contributed by atoms with E-state index in [2.05, 4.69) is 17.2 Å². The molecule has 0 aliphatic carbocycles. The summed E-state index contributed by atoms with van der Waals surface area (Å²) in [5, 5.41) is 8.59. The smallest absolute Gasteiger partial charge is 0.343 e. The third-order valence-corrected chi connectivity index (χ3v) is 8.44. The quantitative estimate of drug-likeness (QED) is 0.0385. The number of carbonyl (C=O) groups excluding carboxylic acids is 1. The Labute approximate surface area is 279 Å². The number of carbonyl (C=O) groups is 1. The molecule has 3 aromatic rings. The largest absolute Gasteiger partial charge is 0.494 e. The van der Waals surface area contributed by atoms with E-state index >= 15 is 0 Å². The Morgan fingerprint density at radius 1 is 0.478 bits per heavy atom. The Morgan fingerprint density at radius 2 is 0.891 bits per heavy atom. The van der Waals surface area contributed by atoms with Gasteiger partial charge in [-0.05, 0) is 67.1 Å². The summed E-state index contributed by atoms with van der Waals surface area (Å²) in [5.74, 6) is 0.975.